The highest BCUT2D eigenvalue weighted by molar-refractivity contribution is 7.89. The van der Waals surface area contributed by atoms with Gasteiger partial charge in [0.05, 0.1) is 4.90 Å². The smallest absolute Gasteiger partial charge is 0.253 e. The first-order valence-corrected chi connectivity index (χ1v) is 10.9. The maximum atomic E-state index is 12.8. The van der Waals surface area contributed by atoms with Crippen LogP contribution in [0.5, 0.6) is 0 Å². The molecular weight excluding hydrogens is 350 g/mol. The first-order valence-electron chi connectivity index (χ1n) is 9.43. The lowest BCUT2D eigenvalue weighted by molar-refractivity contribution is 0.0755. The molecule has 1 aromatic rings. The maximum absolute atomic E-state index is 12.8. The van der Waals surface area contributed by atoms with Crippen LogP contribution in [0.15, 0.2) is 23.1 Å². The van der Waals surface area contributed by atoms with E-state index < -0.39 is 10.0 Å². The second-order valence-electron chi connectivity index (χ2n) is 7.10. The lowest BCUT2D eigenvalue weighted by Gasteiger charge is -2.22. The number of hydrogen-bond donors (Lipinski definition) is 1. The van der Waals surface area contributed by atoms with Crippen molar-refractivity contribution >= 4 is 15.9 Å². The van der Waals surface area contributed by atoms with Gasteiger partial charge in [0, 0.05) is 44.3 Å². The van der Waals surface area contributed by atoms with Gasteiger partial charge in [0.25, 0.3) is 5.91 Å². The minimum atomic E-state index is -3.66. The number of benzene rings is 1. The number of nitrogens with zero attached hydrogens (tertiary/aromatic N) is 2. The molecule has 26 heavy (non-hydrogen) atoms. The van der Waals surface area contributed by atoms with Gasteiger partial charge >= 0.3 is 0 Å². The number of nitrogens with one attached hydrogen (secondary N) is 1. The van der Waals surface area contributed by atoms with E-state index in [4.69, 9.17) is 0 Å². The summed E-state index contributed by atoms with van der Waals surface area (Å²) in [6.45, 7) is 11.8. The molecule has 0 radical (unpaired) electrons. The van der Waals surface area contributed by atoms with Crippen molar-refractivity contribution in [2.24, 2.45) is 0 Å². The SMILES string of the molecule is CCCN(CCC)C(=O)c1ccc(C)c(S(=O)(=O)N[C@H](C)CN2CC2)c1. The lowest BCUT2D eigenvalue weighted by Crippen LogP contribution is -2.38. The summed E-state index contributed by atoms with van der Waals surface area (Å²) in [5, 5.41) is 0. The Morgan fingerprint density at radius 1 is 1.23 bits per heavy atom. The normalized spacial score (nSPS) is 15.7. The van der Waals surface area contributed by atoms with Crippen molar-refractivity contribution in [3.05, 3.63) is 29.3 Å². The zero-order valence-corrected chi connectivity index (χ0v) is 17.1. The highest BCUT2D eigenvalue weighted by atomic mass is 32.2. The van der Waals surface area contributed by atoms with Crippen LogP contribution in [0.25, 0.3) is 0 Å². The molecule has 2 rings (SSSR count). The van der Waals surface area contributed by atoms with E-state index in [2.05, 4.69) is 9.62 Å². The van der Waals surface area contributed by atoms with Crippen molar-refractivity contribution in [2.75, 3.05) is 32.7 Å². The van der Waals surface area contributed by atoms with E-state index in [0.717, 1.165) is 25.9 Å². The summed E-state index contributed by atoms with van der Waals surface area (Å²) in [7, 11) is -3.66. The van der Waals surface area contributed by atoms with Crippen molar-refractivity contribution in [3.8, 4) is 0 Å². The van der Waals surface area contributed by atoms with Gasteiger partial charge in [0.2, 0.25) is 10.0 Å². The molecule has 1 N–H and O–H groups in total. The Labute approximate surface area is 157 Å². The van der Waals surface area contributed by atoms with Crippen LogP contribution in [0.2, 0.25) is 0 Å². The van der Waals surface area contributed by atoms with E-state index in [1.165, 1.54) is 6.07 Å². The third kappa shape index (κ3) is 5.53. The molecule has 1 aliphatic rings. The Morgan fingerprint density at radius 2 is 1.85 bits per heavy atom. The van der Waals surface area contributed by atoms with Crippen LogP contribution in [-0.4, -0.2) is 62.9 Å². The molecule has 1 fully saturated rings. The summed E-state index contributed by atoms with van der Waals surface area (Å²) in [6, 6.07) is 4.78. The third-order valence-electron chi connectivity index (χ3n) is 4.43. The number of sulfonamides is 1. The van der Waals surface area contributed by atoms with Crippen LogP contribution in [0, 0.1) is 6.92 Å². The van der Waals surface area contributed by atoms with Crippen LogP contribution in [0.1, 0.15) is 49.5 Å². The van der Waals surface area contributed by atoms with Gasteiger partial charge in [-0.1, -0.05) is 19.9 Å². The molecule has 0 aliphatic carbocycles. The van der Waals surface area contributed by atoms with E-state index in [1.54, 1.807) is 24.0 Å². The largest absolute Gasteiger partial charge is 0.339 e. The zero-order valence-electron chi connectivity index (χ0n) is 16.3. The summed E-state index contributed by atoms with van der Waals surface area (Å²) in [5.74, 6) is -0.109. The quantitative estimate of drug-likeness (QED) is 0.631. The zero-order chi connectivity index (χ0) is 19.3. The van der Waals surface area contributed by atoms with Gasteiger partial charge in [-0.2, -0.15) is 0 Å². The van der Waals surface area contributed by atoms with Gasteiger partial charge in [-0.25, -0.2) is 13.1 Å². The Morgan fingerprint density at radius 3 is 2.38 bits per heavy atom. The maximum Gasteiger partial charge on any atom is 0.253 e. The number of carbonyl (C=O) groups is 1. The molecule has 1 atom stereocenters. The predicted molar refractivity (Wildman–Crippen MR) is 104 cm³/mol. The molecule has 1 heterocycles. The first kappa shape index (κ1) is 20.9. The van der Waals surface area contributed by atoms with Crippen LogP contribution in [0.3, 0.4) is 0 Å². The van der Waals surface area contributed by atoms with Crippen LogP contribution < -0.4 is 4.72 Å². The van der Waals surface area contributed by atoms with Gasteiger partial charge in [-0.3, -0.25) is 9.69 Å². The molecular formula is C19H31N3O3S. The summed E-state index contributed by atoms with van der Waals surface area (Å²) in [5.41, 5.74) is 1.07. The molecule has 0 saturated carbocycles. The highest BCUT2D eigenvalue weighted by Crippen LogP contribution is 2.19. The summed E-state index contributed by atoms with van der Waals surface area (Å²) in [6.07, 6.45) is 1.75. The highest BCUT2D eigenvalue weighted by Gasteiger charge is 2.25. The Kier molecular flexibility index (Phi) is 7.20. The Hall–Kier alpha value is -1.44. The van der Waals surface area contributed by atoms with Crippen LogP contribution in [-0.2, 0) is 10.0 Å². The van der Waals surface area contributed by atoms with Gasteiger partial charge in [0.1, 0.15) is 0 Å². The fraction of sp³-hybridized carbons (Fsp3) is 0.632. The molecule has 1 aromatic carbocycles. The second-order valence-corrected chi connectivity index (χ2v) is 8.78. The molecule has 0 aromatic heterocycles. The number of rotatable bonds is 10. The number of amides is 1. The Bertz CT molecular complexity index is 724. The minimum absolute atomic E-state index is 0.109. The van der Waals surface area contributed by atoms with E-state index >= 15 is 0 Å². The third-order valence-corrected chi connectivity index (χ3v) is 6.16. The molecule has 0 bridgehead atoms. The van der Waals surface area contributed by atoms with Crippen LogP contribution in [0.4, 0.5) is 0 Å². The van der Waals surface area contributed by atoms with Crippen molar-refractivity contribution in [1.82, 2.24) is 14.5 Å². The topological polar surface area (TPSA) is 69.5 Å². The van der Waals surface area contributed by atoms with Gasteiger partial charge in [-0.05, 0) is 44.4 Å². The lowest BCUT2D eigenvalue weighted by atomic mass is 10.1. The fourth-order valence-corrected chi connectivity index (χ4v) is 4.57. The fourth-order valence-electron chi connectivity index (χ4n) is 3.07. The van der Waals surface area contributed by atoms with Crippen molar-refractivity contribution in [1.29, 1.82) is 0 Å². The van der Waals surface area contributed by atoms with Gasteiger partial charge in [0.15, 0.2) is 0 Å². The molecule has 7 heteroatoms. The van der Waals surface area contributed by atoms with E-state index in [9.17, 15) is 13.2 Å². The van der Waals surface area contributed by atoms with Crippen molar-refractivity contribution in [2.45, 2.75) is 51.5 Å². The van der Waals surface area contributed by atoms with Gasteiger partial charge < -0.3 is 4.90 Å². The van der Waals surface area contributed by atoms with E-state index in [-0.39, 0.29) is 16.8 Å². The summed E-state index contributed by atoms with van der Waals surface area (Å²) >= 11 is 0. The average molecular weight is 382 g/mol. The summed E-state index contributed by atoms with van der Waals surface area (Å²) in [4.78, 5) is 16.9. The number of carbonyl (C=O) groups excluding carboxylic acids is 1. The molecule has 6 nitrogen and oxygen atoms in total. The Balaban J connectivity index is 2.23. The standard InChI is InChI=1S/C19H31N3O3S/c1-5-9-22(10-6-2)19(23)17-8-7-15(3)18(13-17)26(24,25)20-16(4)14-21-11-12-21/h7-8,13,16,20H,5-6,9-12,14H2,1-4H3/t16-/m1/s1. The number of aryl methyl sites for hydroxylation is 1. The van der Waals surface area contributed by atoms with E-state index in [0.29, 0.717) is 30.8 Å². The molecule has 0 spiro atoms. The first-order chi connectivity index (χ1) is 12.3. The molecule has 0 unspecified atom stereocenters. The molecule has 1 amide bonds. The predicted octanol–water partition coefficient (Wildman–Crippen LogP) is 2.24. The summed E-state index contributed by atoms with van der Waals surface area (Å²) < 4.78 is 28.3. The van der Waals surface area contributed by atoms with E-state index in [1.807, 2.05) is 20.8 Å². The van der Waals surface area contributed by atoms with Crippen molar-refractivity contribution < 1.29 is 13.2 Å². The van der Waals surface area contributed by atoms with Crippen LogP contribution >= 0.6 is 0 Å². The average Bonchev–Trinajstić information content (AvgIpc) is 3.37. The molecule has 1 aliphatic heterocycles. The minimum Gasteiger partial charge on any atom is -0.339 e. The monoisotopic (exact) mass is 381 g/mol. The number of hydrogen-bond acceptors (Lipinski definition) is 4. The molecule has 146 valence electrons. The second kappa shape index (κ2) is 8.97. The van der Waals surface area contributed by atoms with Crippen molar-refractivity contribution in [3.63, 3.8) is 0 Å². The molecule has 1 saturated heterocycles. The van der Waals surface area contributed by atoms with Gasteiger partial charge in [-0.15, -0.1) is 0 Å².